The Hall–Kier alpha value is -3.61. The number of carbonyl (C=O) groups is 2. The van der Waals surface area contributed by atoms with Gasteiger partial charge in [-0.1, -0.05) is 17.7 Å². The van der Waals surface area contributed by atoms with E-state index < -0.39 is 5.41 Å². The molecule has 28 heavy (non-hydrogen) atoms. The molecule has 0 bridgehead atoms. The first-order valence-corrected chi connectivity index (χ1v) is 8.98. The molecule has 0 aliphatic carbocycles. The first-order valence-electron chi connectivity index (χ1n) is 8.98. The summed E-state index contributed by atoms with van der Waals surface area (Å²) in [6.45, 7) is 1.97. The van der Waals surface area contributed by atoms with E-state index in [1.165, 1.54) is 0 Å². The summed E-state index contributed by atoms with van der Waals surface area (Å²) in [5, 5.41) is 10.3. The van der Waals surface area contributed by atoms with Gasteiger partial charge in [-0.15, -0.1) is 0 Å². The second kappa shape index (κ2) is 5.69. The van der Waals surface area contributed by atoms with Crippen molar-refractivity contribution in [2.24, 2.45) is 0 Å². The van der Waals surface area contributed by atoms with Crippen LogP contribution in [-0.4, -0.2) is 28.7 Å². The third-order valence-electron chi connectivity index (χ3n) is 5.50. The van der Waals surface area contributed by atoms with Crippen LogP contribution in [0, 0.1) is 6.92 Å². The van der Waals surface area contributed by atoms with Gasteiger partial charge in [0.25, 0.3) is 0 Å². The fraction of sp³-hybridized carbons (Fsp3) is 0.190. The average Bonchev–Trinajstić information content (AvgIpc) is 3.22. The van der Waals surface area contributed by atoms with E-state index in [-0.39, 0.29) is 18.2 Å². The zero-order chi connectivity index (χ0) is 19.5. The van der Waals surface area contributed by atoms with Crippen LogP contribution in [0.1, 0.15) is 23.1 Å². The van der Waals surface area contributed by atoms with Gasteiger partial charge in [-0.25, -0.2) is 4.68 Å². The van der Waals surface area contributed by atoms with Crippen LogP contribution in [0.4, 0.5) is 11.5 Å². The van der Waals surface area contributed by atoms with Crippen LogP contribution in [0.3, 0.4) is 0 Å². The summed E-state index contributed by atoms with van der Waals surface area (Å²) in [4.78, 5) is 25.8. The van der Waals surface area contributed by atoms with Crippen LogP contribution in [0.25, 0.3) is 5.69 Å². The van der Waals surface area contributed by atoms with Crippen LogP contribution < -0.4 is 15.4 Å². The monoisotopic (exact) mass is 374 g/mol. The highest BCUT2D eigenvalue weighted by molar-refractivity contribution is 6.14. The second-order valence-electron chi connectivity index (χ2n) is 7.15. The molecular weight excluding hydrogens is 356 g/mol. The number of carbonyl (C=O) groups excluding carboxylic acids is 2. The van der Waals surface area contributed by atoms with E-state index >= 15 is 0 Å². The number of anilines is 2. The lowest BCUT2D eigenvalue weighted by atomic mass is 9.71. The van der Waals surface area contributed by atoms with Crippen molar-refractivity contribution in [1.82, 2.24) is 9.78 Å². The molecule has 2 amide bonds. The van der Waals surface area contributed by atoms with E-state index in [2.05, 4.69) is 15.7 Å². The molecule has 2 N–H and O–H groups in total. The van der Waals surface area contributed by atoms with Crippen molar-refractivity contribution >= 4 is 23.3 Å². The van der Waals surface area contributed by atoms with E-state index in [0.29, 0.717) is 11.4 Å². The number of benzene rings is 2. The number of nitrogens with one attached hydrogen (secondary N) is 2. The minimum Gasteiger partial charge on any atom is -0.497 e. The normalized spacial score (nSPS) is 19.8. The van der Waals surface area contributed by atoms with Crippen molar-refractivity contribution in [2.45, 2.75) is 18.8 Å². The molecule has 2 aliphatic rings. The van der Waals surface area contributed by atoms with Gasteiger partial charge in [0.15, 0.2) is 0 Å². The fourth-order valence-corrected chi connectivity index (χ4v) is 4.13. The summed E-state index contributed by atoms with van der Waals surface area (Å²) in [6.07, 6.45) is 1.73. The van der Waals surface area contributed by atoms with Crippen LogP contribution in [0.5, 0.6) is 5.75 Å². The summed E-state index contributed by atoms with van der Waals surface area (Å²) < 4.78 is 6.85. The largest absolute Gasteiger partial charge is 0.497 e. The lowest BCUT2D eigenvalue weighted by Gasteiger charge is -2.31. The molecule has 0 unspecified atom stereocenters. The molecule has 0 saturated heterocycles. The Labute approximate surface area is 161 Å². The van der Waals surface area contributed by atoms with Crippen molar-refractivity contribution in [3.8, 4) is 11.4 Å². The van der Waals surface area contributed by atoms with Gasteiger partial charge in [0.1, 0.15) is 17.0 Å². The number of aromatic nitrogens is 2. The Kier molecular flexibility index (Phi) is 3.37. The predicted octanol–water partition coefficient (Wildman–Crippen LogP) is 2.77. The van der Waals surface area contributed by atoms with Gasteiger partial charge in [0, 0.05) is 17.7 Å². The van der Waals surface area contributed by atoms with Crippen LogP contribution in [0.2, 0.25) is 0 Å². The molecule has 0 fully saturated rings. The zero-order valence-corrected chi connectivity index (χ0v) is 15.4. The first-order chi connectivity index (χ1) is 13.5. The quantitative estimate of drug-likeness (QED) is 0.722. The molecule has 3 aromatic rings. The minimum atomic E-state index is -1.07. The van der Waals surface area contributed by atoms with Crippen molar-refractivity contribution in [2.75, 3.05) is 17.7 Å². The summed E-state index contributed by atoms with van der Waals surface area (Å²) >= 11 is 0. The van der Waals surface area contributed by atoms with Gasteiger partial charge in [0.2, 0.25) is 11.8 Å². The summed E-state index contributed by atoms with van der Waals surface area (Å²) in [5.41, 5.74) is 3.00. The molecule has 7 heteroatoms. The van der Waals surface area contributed by atoms with Crippen molar-refractivity contribution in [1.29, 1.82) is 0 Å². The van der Waals surface area contributed by atoms with Gasteiger partial charge in [-0.3, -0.25) is 9.59 Å². The Balaban J connectivity index is 1.72. The molecule has 7 nitrogen and oxygen atoms in total. The van der Waals surface area contributed by atoms with Gasteiger partial charge in [-0.2, -0.15) is 5.10 Å². The summed E-state index contributed by atoms with van der Waals surface area (Å²) in [7, 11) is 1.60. The molecule has 2 aromatic carbocycles. The number of hydrogen-bond acceptors (Lipinski definition) is 4. The van der Waals surface area contributed by atoms with Crippen molar-refractivity contribution in [3.05, 3.63) is 65.4 Å². The van der Waals surface area contributed by atoms with E-state index in [4.69, 9.17) is 4.74 Å². The average molecular weight is 374 g/mol. The van der Waals surface area contributed by atoms with Gasteiger partial charge < -0.3 is 15.4 Å². The number of fused-ring (bicyclic) bond motifs is 4. The number of aryl methyl sites for hydroxylation is 1. The molecule has 0 saturated carbocycles. The van der Waals surface area contributed by atoms with Crippen LogP contribution in [-0.2, 0) is 15.0 Å². The maximum absolute atomic E-state index is 13.1. The minimum absolute atomic E-state index is 0.0522. The second-order valence-corrected chi connectivity index (χ2v) is 7.15. The third-order valence-corrected chi connectivity index (χ3v) is 5.50. The number of hydrogen-bond donors (Lipinski definition) is 2. The van der Waals surface area contributed by atoms with Gasteiger partial charge in [0.05, 0.1) is 19.0 Å². The molecule has 2 aliphatic heterocycles. The highest BCUT2D eigenvalue weighted by Gasteiger charge is 2.54. The van der Waals surface area contributed by atoms with Crippen molar-refractivity contribution in [3.63, 3.8) is 0 Å². The highest BCUT2D eigenvalue weighted by atomic mass is 16.5. The molecular formula is C21H18N4O3. The maximum atomic E-state index is 13.1. The molecule has 140 valence electrons. The zero-order valence-electron chi connectivity index (χ0n) is 15.4. The fourth-order valence-electron chi connectivity index (χ4n) is 4.13. The van der Waals surface area contributed by atoms with Crippen LogP contribution >= 0.6 is 0 Å². The third kappa shape index (κ3) is 2.13. The Morgan fingerprint density at radius 1 is 1.07 bits per heavy atom. The van der Waals surface area contributed by atoms with Gasteiger partial charge in [-0.05, 0) is 42.8 Å². The number of methoxy groups -OCH3 is 1. The smallest absolute Gasteiger partial charge is 0.240 e. The molecule has 5 rings (SSSR count). The lowest BCUT2D eigenvalue weighted by molar-refractivity contribution is -0.125. The molecule has 1 atom stereocenters. The predicted molar refractivity (Wildman–Crippen MR) is 104 cm³/mol. The standard InChI is InChI=1S/C21H18N4O3/c1-12-3-8-17-15(9-12)21(20(27)23-17)10-18(26)24-19-16(21)11-22-25(19)13-4-6-14(28-2)7-5-13/h3-9,11H,10H2,1-2H3,(H,23,27)(H,24,26)/t21-/m1/s1. The van der Waals surface area contributed by atoms with Crippen molar-refractivity contribution < 1.29 is 14.3 Å². The first kappa shape index (κ1) is 16.6. The highest BCUT2D eigenvalue weighted by Crippen LogP contribution is 2.50. The van der Waals surface area contributed by atoms with E-state index in [1.807, 2.05) is 49.4 Å². The van der Waals surface area contributed by atoms with E-state index in [1.54, 1.807) is 18.0 Å². The summed E-state index contributed by atoms with van der Waals surface area (Å²) in [6, 6.07) is 13.2. The lowest BCUT2D eigenvalue weighted by Crippen LogP contribution is -2.43. The summed E-state index contributed by atoms with van der Waals surface area (Å²) in [5.74, 6) is 0.835. The topological polar surface area (TPSA) is 85.2 Å². The van der Waals surface area contributed by atoms with E-state index in [0.717, 1.165) is 28.3 Å². The molecule has 0 radical (unpaired) electrons. The Morgan fingerprint density at radius 3 is 2.61 bits per heavy atom. The maximum Gasteiger partial charge on any atom is 0.240 e. The molecule has 1 aromatic heterocycles. The number of rotatable bonds is 2. The van der Waals surface area contributed by atoms with Crippen LogP contribution in [0.15, 0.2) is 48.7 Å². The number of ether oxygens (including phenoxy) is 1. The van der Waals surface area contributed by atoms with Gasteiger partial charge >= 0.3 is 0 Å². The number of nitrogens with zero attached hydrogens (tertiary/aromatic N) is 2. The van der Waals surface area contributed by atoms with E-state index in [9.17, 15) is 9.59 Å². The number of amides is 2. The SMILES string of the molecule is COc1ccc(-n2ncc3c2NC(=O)C[C@]32C(=O)Nc3ccc(C)cc32)cc1. The molecule has 3 heterocycles. The molecule has 1 spiro atoms. The Morgan fingerprint density at radius 2 is 1.86 bits per heavy atom. The Bertz CT molecular complexity index is 1130.